The lowest BCUT2D eigenvalue weighted by Gasteiger charge is -2.24. The number of hydrogen-bond acceptors (Lipinski definition) is 5. The first-order valence-electron chi connectivity index (χ1n) is 7.39. The first-order valence-corrected chi connectivity index (χ1v) is 7.39. The maximum absolute atomic E-state index is 12.4. The summed E-state index contributed by atoms with van der Waals surface area (Å²) in [5.41, 5.74) is 1.71. The average Bonchev–Trinajstić information content (AvgIpc) is 2.70. The first kappa shape index (κ1) is 16.3. The molecule has 1 aromatic heterocycles. The maximum Gasteiger partial charge on any atom is 0.339 e. The molecule has 0 aromatic carbocycles. The molecule has 6 nitrogen and oxygen atoms in total. The zero-order chi connectivity index (χ0) is 16.4. The number of H-pyrrole nitrogens is 1. The summed E-state index contributed by atoms with van der Waals surface area (Å²) in [6.45, 7) is 4.91. The van der Waals surface area contributed by atoms with Crippen LogP contribution in [0.4, 0.5) is 0 Å². The van der Waals surface area contributed by atoms with Gasteiger partial charge in [0.05, 0.1) is 24.3 Å². The number of nitrogens with one attached hydrogen (secondary N) is 1. The van der Waals surface area contributed by atoms with Gasteiger partial charge in [0.15, 0.2) is 6.10 Å². The molecule has 22 heavy (non-hydrogen) atoms. The molecule has 1 aromatic rings. The molecule has 1 N–H and O–H groups in total. The monoisotopic (exact) mass is 307 g/mol. The number of carbonyl (C=O) groups is 3. The highest BCUT2D eigenvalue weighted by molar-refractivity contribution is 6.04. The Bertz CT molecular complexity index is 612. The lowest BCUT2D eigenvalue weighted by molar-refractivity contribution is -0.154. The zero-order valence-corrected chi connectivity index (χ0v) is 13.3. The van der Waals surface area contributed by atoms with Crippen LogP contribution >= 0.6 is 0 Å². The van der Waals surface area contributed by atoms with Crippen molar-refractivity contribution in [3.63, 3.8) is 0 Å². The highest BCUT2D eigenvalue weighted by Crippen LogP contribution is 2.28. The molecular formula is C16H21NO5. The third-order valence-corrected chi connectivity index (χ3v) is 4.17. The summed E-state index contributed by atoms with van der Waals surface area (Å²) in [5.74, 6) is -1.23. The molecule has 0 bridgehead atoms. The Hall–Kier alpha value is -2.11. The van der Waals surface area contributed by atoms with Crippen molar-refractivity contribution in [2.75, 3.05) is 7.11 Å². The number of hydrogen-bond donors (Lipinski definition) is 1. The van der Waals surface area contributed by atoms with E-state index >= 15 is 0 Å². The Morgan fingerprint density at radius 1 is 1.23 bits per heavy atom. The number of rotatable bonds is 5. The summed E-state index contributed by atoms with van der Waals surface area (Å²) >= 11 is 0. The van der Waals surface area contributed by atoms with E-state index in [1.807, 2.05) is 0 Å². The lowest BCUT2D eigenvalue weighted by Crippen LogP contribution is -2.31. The van der Waals surface area contributed by atoms with E-state index in [1.165, 1.54) is 7.11 Å². The Morgan fingerprint density at radius 2 is 1.86 bits per heavy atom. The van der Waals surface area contributed by atoms with Gasteiger partial charge >= 0.3 is 11.9 Å². The topological polar surface area (TPSA) is 85.5 Å². The van der Waals surface area contributed by atoms with Crippen LogP contribution in [0.3, 0.4) is 0 Å². The molecule has 0 amide bonds. The number of aryl methyl sites for hydroxylation is 1. The molecule has 0 saturated heterocycles. The predicted molar refractivity (Wildman–Crippen MR) is 78.8 cm³/mol. The number of methoxy groups -OCH3 is 1. The van der Waals surface area contributed by atoms with Gasteiger partial charge in [0.1, 0.15) is 0 Å². The number of carbonyl (C=O) groups excluding carboxylic acids is 3. The molecule has 1 heterocycles. The fourth-order valence-corrected chi connectivity index (χ4v) is 2.58. The van der Waals surface area contributed by atoms with Crippen LogP contribution in [0.5, 0.6) is 0 Å². The SMILES string of the molecule is COC(=O)c1c(C)[nH]c(C(=O)C(C)OC(=O)C2CCC2)c1C. The minimum Gasteiger partial charge on any atom is -0.465 e. The van der Waals surface area contributed by atoms with Crippen molar-refractivity contribution >= 4 is 17.7 Å². The average molecular weight is 307 g/mol. The van der Waals surface area contributed by atoms with E-state index < -0.39 is 12.1 Å². The van der Waals surface area contributed by atoms with Crippen LogP contribution < -0.4 is 0 Å². The molecule has 1 unspecified atom stereocenters. The Kier molecular flexibility index (Phi) is 4.68. The van der Waals surface area contributed by atoms with Gasteiger partial charge in [-0.3, -0.25) is 9.59 Å². The van der Waals surface area contributed by atoms with Gasteiger partial charge in [0.2, 0.25) is 5.78 Å². The van der Waals surface area contributed by atoms with E-state index in [9.17, 15) is 14.4 Å². The largest absolute Gasteiger partial charge is 0.465 e. The third kappa shape index (κ3) is 2.91. The standard InChI is InChI=1S/C16H21NO5/c1-8-12(16(20)21-4)9(2)17-13(8)14(18)10(3)22-15(19)11-6-5-7-11/h10-11,17H,5-7H2,1-4H3. The molecule has 2 rings (SSSR count). The minimum absolute atomic E-state index is 0.0765. The van der Waals surface area contributed by atoms with Crippen molar-refractivity contribution in [1.29, 1.82) is 0 Å². The van der Waals surface area contributed by atoms with Gasteiger partial charge in [-0.25, -0.2) is 4.79 Å². The minimum atomic E-state index is -0.879. The molecule has 1 saturated carbocycles. The van der Waals surface area contributed by atoms with Gasteiger partial charge in [-0.15, -0.1) is 0 Å². The van der Waals surface area contributed by atoms with Crippen molar-refractivity contribution in [3.05, 3.63) is 22.5 Å². The van der Waals surface area contributed by atoms with Crippen molar-refractivity contribution in [3.8, 4) is 0 Å². The van der Waals surface area contributed by atoms with Crippen molar-refractivity contribution in [2.45, 2.75) is 46.1 Å². The van der Waals surface area contributed by atoms with Gasteiger partial charge in [0.25, 0.3) is 0 Å². The number of esters is 2. The van der Waals surface area contributed by atoms with E-state index in [0.717, 1.165) is 19.3 Å². The van der Waals surface area contributed by atoms with E-state index in [4.69, 9.17) is 9.47 Å². The Balaban J connectivity index is 2.15. The Morgan fingerprint density at radius 3 is 2.36 bits per heavy atom. The fourth-order valence-electron chi connectivity index (χ4n) is 2.58. The summed E-state index contributed by atoms with van der Waals surface area (Å²) in [7, 11) is 1.29. The van der Waals surface area contributed by atoms with E-state index in [1.54, 1.807) is 20.8 Å². The van der Waals surface area contributed by atoms with Crippen LogP contribution in [0, 0.1) is 19.8 Å². The van der Waals surface area contributed by atoms with Gasteiger partial charge in [-0.05, 0) is 39.2 Å². The van der Waals surface area contributed by atoms with E-state index in [0.29, 0.717) is 16.8 Å². The smallest absolute Gasteiger partial charge is 0.339 e. The fraction of sp³-hybridized carbons (Fsp3) is 0.562. The van der Waals surface area contributed by atoms with Crippen LogP contribution in [0.25, 0.3) is 0 Å². The number of aromatic nitrogens is 1. The molecule has 0 spiro atoms. The summed E-state index contributed by atoms with van der Waals surface area (Å²) in [5, 5.41) is 0. The van der Waals surface area contributed by atoms with Crippen molar-refractivity contribution in [2.24, 2.45) is 5.92 Å². The van der Waals surface area contributed by atoms with Gasteiger partial charge < -0.3 is 14.5 Å². The number of ether oxygens (including phenoxy) is 2. The molecule has 1 atom stereocenters. The van der Waals surface area contributed by atoms with Gasteiger partial charge in [-0.1, -0.05) is 6.42 Å². The van der Waals surface area contributed by atoms with Gasteiger partial charge in [0, 0.05) is 5.69 Å². The summed E-state index contributed by atoms with van der Waals surface area (Å²) < 4.78 is 9.95. The second-order valence-corrected chi connectivity index (χ2v) is 5.69. The maximum atomic E-state index is 12.4. The molecule has 1 aliphatic rings. The van der Waals surface area contributed by atoms with Crippen LogP contribution in [-0.2, 0) is 14.3 Å². The number of Topliss-reactive ketones (excluding diaryl/α,β-unsaturated/α-hetero) is 1. The van der Waals surface area contributed by atoms with Crippen molar-refractivity contribution in [1.82, 2.24) is 4.98 Å². The molecular weight excluding hydrogens is 286 g/mol. The Labute approximate surface area is 129 Å². The molecule has 0 aliphatic heterocycles. The number of aromatic amines is 1. The van der Waals surface area contributed by atoms with Crippen LogP contribution in [0.2, 0.25) is 0 Å². The number of ketones is 1. The molecule has 0 radical (unpaired) electrons. The summed E-state index contributed by atoms with van der Waals surface area (Å²) in [4.78, 5) is 38.9. The molecule has 1 aliphatic carbocycles. The second kappa shape index (κ2) is 6.34. The molecule has 6 heteroatoms. The highest BCUT2D eigenvalue weighted by atomic mass is 16.5. The highest BCUT2D eigenvalue weighted by Gasteiger charge is 2.31. The summed E-state index contributed by atoms with van der Waals surface area (Å²) in [6.07, 6.45) is 1.80. The lowest BCUT2D eigenvalue weighted by atomic mass is 9.85. The summed E-state index contributed by atoms with van der Waals surface area (Å²) in [6, 6.07) is 0. The third-order valence-electron chi connectivity index (χ3n) is 4.17. The van der Waals surface area contributed by atoms with Crippen LogP contribution in [-0.4, -0.2) is 35.9 Å². The molecule has 1 fully saturated rings. The zero-order valence-electron chi connectivity index (χ0n) is 13.3. The van der Waals surface area contributed by atoms with E-state index in [2.05, 4.69) is 4.98 Å². The first-order chi connectivity index (χ1) is 10.4. The quantitative estimate of drug-likeness (QED) is 0.666. The van der Waals surface area contributed by atoms with Crippen molar-refractivity contribution < 1.29 is 23.9 Å². The van der Waals surface area contributed by atoms with Crippen LogP contribution in [0.1, 0.15) is 58.3 Å². The van der Waals surface area contributed by atoms with Gasteiger partial charge in [-0.2, -0.15) is 0 Å². The van der Waals surface area contributed by atoms with Crippen LogP contribution in [0.15, 0.2) is 0 Å². The normalized spacial score (nSPS) is 15.8. The second-order valence-electron chi connectivity index (χ2n) is 5.69. The predicted octanol–water partition coefficient (Wildman–Crippen LogP) is 2.33. The van der Waals surface area contributed by atoms with E-state index in [-0.39, 0.29) is 23.4 Å². The molecule has 120 valence electrons.